The van der Waals surface area contributed by atoms with Gasteiger partial charge in [0.05, 0.1) is 6.61 Å². The van der Waals surface area contributed by atoms with E-state index in [1.165, 1.54) is 0 Å². The summed E-state index contributed by atoms with van der Waals surface area (Å²) in [5.74, 6) is 0.246. The standard InChI is InChI=1S/C15H20ClN5O2/c1-4-23-14(22)11-8-21-13(18-11)5-12(16)19-15(21)20-6-9(2)17-10(3)7-20/h5,8-10,17H,4,6-7H2,1-3H3. The first-order valence-electron chi connectivity index (χ1n) is 7.71. The van der Waals surface area contributed by atoms with Crippen LogP contribution in [0.5, 0.6) is 0 Å². The van der Waals surface area contributed by atoms with Gasteiger partial charge in [0, 0.05) is 37.4 Å². The zero-order chi connectivity index (χ0) is 16.6. The predicted molar refractivity (Wildman–Crippen MR) is 88.2 cm³/mol. The van der Waals surface area contributed by atoms with Crippen molar-refractivity contribution >= 4 is 29.2 Å². The van der Waals surface area contributed by atoms with Crippen LogP contribution >= 0.6 is 11.6 Å². The number of nitrogens with zero attached hydrogens (tertiary/aromatic N) is 4. The van der Waals surface area contributed by atoms with Crippen LogP contribution < -0.4 is 10.2 Å². The minimum absolute atomic E-state index is 0.258. The molecule has 0 aromatic carbocycles. The summed E-state index contributed by atoms with van der Waals surface area (Å²) in [4.78, 5) is 22.8. The van der Waals surface area contributed by atoms with Crippen molar-refractivity contribution in [2.75, 3.05) is 24.6 Å². The summed E-state index contributed by atoms with van der Waals surface area (Å²) in [5, 5.41) is 3.83. The summed E-state index contributed by atoms with van der Waals surface area (Å²) in [7, 11) is 0. The lowest BCUT2D eigenvalue weighted by atomic mass is 10.1. The number of ether oxygens (including phenoxy) is 1. The van der Waals surface area contributed by atoms with Crippen LogP contribution in [-0.4, -0.2) is 52.1 Å². The monoisotopic (exact) mass is 337 g/mol. The maximum absolute atomic E-state index is 11.9. The molecule has 2 aromatic heterocycles. The zero-order valence-electron chi connectivity index (χ0n) is 13.4. The van der Waals surface area contributed by atoms with E-state index in [2.05, 4.69) is 34.0 Å². The molecule has 2 aromatic rings. The fourth-order valence-electron chi connectivity index (χ4n) is 2.96. The highest BCUT2D eigenvalue weighted by Gasteiger charge is 2.25. The molecule has 1 fully saturated rings. The molecule has 0 saturated carbocycles. The van der Waals surface area contributed by atoms with Gasteiger partial charge in [-0.1, -0.05) is 11.6 Å². The van der Waals surface area contributed by atoms with Crippen LogP contribution in [0, 0.1) is 0 Å². The smallest absolute Gasteiger partial charge is 0.358 e. The van der Waals surface area contributed by atoms with Gasteiger partial charge in [0.1, 0.15) is 10.8 Å². The molecule has 0 amide bonds. The number of imidazole rings is 1. The SMILES string of the molecule is CCOC(=O)c1cn2c(N3CC(C)NC(C)C3)nc(Cl)cc2n1. The number of piperazine rings is 1. The molecule has 124 valence electrons. The van der Waals surface area contributed by atoms with Gasteiger partial charge < -0.3 is 15.0 Å². The second-order valence-corrected chi connectivity index (χ2v) is 6.21. The predicted octanol–water partition coefficient (Wildman–Crippen LogP) is 1.75. The van der Waals surface area contributed by atoms with Crippen LogP contribution in [0.4, 0.5) is 5.95 Å². The van der Waals surface area contributed by atoms with E-state index in [9.17, 15) is 4.79 Å². The Morgan fingerprint density at radius 3 is 2.74 bits per heavy atom. The average Bonchev–Trinajstić information content (AvgIpc) is 2.89. The Morgan fingerprint density at radius 1 is 1.39 bits per heavy atom. The van der Waals surface area contributed by atoms with Crippen molar-refractivity contribution in [2.24, 2.45) is 0 Å². The number of fused-ring (bicyclic) bond motifs is 1. The third-order valence-corrected chi connectivity index (χ3v) is 3.92. The number of halogens is 1. The highest BCUT2D eigenvalue weighted by molar-refractivity contribution is 6.29. The molecule has 1 aliphatic heterocycles. The van der Waals surface area contributed by atoms with E-state index in [-0.39, 0.29) is 5.69 Å². The Kier molecular flexibility index (Phi) is 4.41. The van der Waals surface area contributed by atoms with Crippen LogP contribution in [-0.2, 0) is 4.74 Å². The van der Waals surface area contributed by atoms with E-state index in [0.29, 0.717) is 35.4 Å². The Bertz CT molecular complexity index is 722. The molecule has 7 nitrogen and oxygen atoms in total. The molecular weight excluding hydrogens is 318 g/mol. The Hall–Kier alpha value is -1.86. The van der Waals surface area contributed by atoms with Gasteiger partial charge in [-0.05, 0) is 20.8 Å². The first-order chi connectivity index (χ1) is 11.0. The first kappa shape index (κ1) is 16.0. The number of carbonyl (C=O) groups is 1. The molecule has 3 rings (SSSR count). The maximum atomic E-state index is 11.9. The molecule has 1 saturated heterocycles. The summed E-state index contributed by atoms with van der Waals surface area (Å²) in [6.45, 7) is 7.94. The number of anilines is 1. The number of carbonyl (C=O) groups excluding carboxylic acids is 1. The second-order valence-electron chi connectivity index (χ2n) is 5.83. The number of rotatable bonds is 3. The van der Waals surface area contributed by atoms with E-state index in [1.807, 2.05) is 0 Å². The second kappa shape index (κ2) is 6.33. The summed E-state index contributed by atoms with van der Waals surface area (Å²) < 4.78 is 6.81. The molecule has 2 atom stereocenters. The molecule has 0 radical (unpaired) electrons. The largest absolute Gasteiger partial charge is 0.461 e. The number of nitrogens with one attached hydrogen (secondary N) is 1. The summed E-state index contributed by atoms with van der Waals surface area (Å²) in [6, 6.07) is 2.31. The van der Waals surface area contributed by atoms with E-state index in [4.69, 9.17) is 16.3 Å². The summed E-state index contributed by atoms with van der Waals surface area (Å²) in [6.07, 6.45) is 1.66. The van der Waals surface area contributed by atoms with Crippen molar-refractivity contribution in [3.8, 4) is 0 Å². The van der Waals surface area contributed by atoms with Crippen LogP contribution in [0.2, 0.25) is 5.15 Å². The molecule has 0 spiro atoms. The molecule has 3 heterocycles. The molecule has 0 aliphatic carbocycles. The Morgan fingerprint density at radius 2 is 2.09 bits per heavy atom. The van der Waals surface area contributed by atoms with Gasteiger partial charge >= 0.3 is 5.97 Å². The quantitative estimate of drug-likeness (QED) is 0.679. The minimum atomic E-state index is -0.444. The number of aromatic nitrogens is 3. The fourth-order valence-corrected chi connectivity index (χ4v) is 3.13. The third kappa shape index (κ3) is 3.25. The number of hydrogen-bond donors (Lipinski definition) is 1. The molecule has 8 heteroatoms. The topological polar surface area (TPSA) is 71.8 Å². The van der Waals surface area contributed by atoms with E-state index >= 15 is 0 Å². The van der Waals surface area contributed by atoms with Crippen molar-refractivity contribution in [3.05, 3.63) is 23.1 Å². The van der Waals surface area contributed by atoms with E-state index in [1.54, 1.807) is 23.6 Å². The Balaban J connectivity index is 2.03. The van der Waals surface area contributed by atoms with E-state index < -0.39 is 5.97 Å². The highest BCUT2D eigenvalue weighted by Crippen LogP contribution is 2.22. The molecular formula is C15H20ClN5O2. The normalized spacial score (nSPS) is 21.7. The van der Waals surface area contributed by atoms with Gasteiger partial charge in [-0.3, -0.25) is 4.40 Å². The number of hydrogen-bond acceptors (Lipinski definition) is 6. The lowest BCUT2D eigenvalue weighted by molar-refractivity contribution is 0.0520. The van der Waals surface area contributed by atoms with E-state index in [0.717, 1.165) is 13.1 Å². The summed E-state index contributed by atoms with van der Waals surface area (Å²) >= 11 is 6.14. The van der Waals surface area contributed by atoms with Crippen LogP contribution in [0.15, 0.2) is 12.3 Å². The van der Waals surface area contributed by atoms with Gasteiger partial charge in [-0.2, -0.15) is 0 Å². The van der Waals surface area contributed by atoms with Crippen LogP contribution in [0.3, 0.4) is 0 Å². The molecule has 0 bridgehead atoms. The van der Waals surface area contributed by atoms with Gasteiger partial charge in [-0.15, -0.1) is 0 Å². The van der Waals surface area contributed by atoms with Gasteiger partial charge in [0.25, 0.3) is 0 Å². The minimum Gasteiger partial charge on any atom is -0.461 e. The van der Waals surface area contributed by atoms with Crippen molar-refractivity contribution < 1.29 is 9.53 Å². The van der Waals surface area contributed by atoms with Crippen molar-refractivity contribution in [1.29, 1.82) is 0 Å². The molecule has 2 unspecified atom stereocenters. The van der Waals surface area contributed by atoms with Gasteiger partial charge in [0.2, 0.25) is 5.95 Å². The lowest BCUT2D eigenvalue weighted by Crippen LogP contribution is -2.55. The first-order valence-corrected chi connectivity index (χ1v) is 8.09. The van der Waals surface area contributed by atoms with Crippen molar-refractivity contribution in [3.63, 3.8) is 0 Å². The third-order valence-electron chi connectivity index (χ3n) is 3.73. The van der Waals surface area contributed by atoms with Crippen LogP contribution in [0.25, 0.3) is 5.65 Å². The Labute approximate surface area is 139 Å². The van der Waals surface area contributed by atoms with Gasteiger partial charge in [0.15, 0.2) is 5.69 Å². The number of esters is 1. The molecule has 23 heavy (non-hydrogen) atoms. The summed E-state index contributed by atoms with van der Waals surface area (Å²) in [5.41, 5.74) is 0.843. The molecule has 1 N–H and O–H groups in total. The van der Waals surface area contributed by atoms with Gasteiger partial charge in [-0.25, -0.2) is 14.8 Å². The fraction of sp³-hybridized carbons (Fsp3) is 0.533. The molecule has 1 aliphatic rings. The maximum Gasteiger partial charge on any atom is 0.358 e. The van der Waals surface area contributed by atoms with Crippen molar-refractivity contribution in [2.45, 2.75) is 32.9 Å². The van der Waals surface area contributed by atoms with Crippen molar-refractivity contribution in [1.82, 2.24) is 19.7 Å². The lowest BCUT2D eigenvalue weighted by Gasteiger charge is -2.36. The zero-order valence-corrected chi connectivity index (χ0v) is 14.2. The van der Waals surface area contributed by atoms with Crippen LogP contribution in [0.1, 0.15) is 31.3 Å². The highest BCUT2D eigenvalue weighted by atomic mass is 35.5. The average molecular weight is 338 g/mol.